The van der Waals surface area contributed by atoms with E-state index in [0.717, 1.165) is 33.3 Å². The van der Waals surface area contributed by atoms with E-state index in [1.165, 1.54) is 0 Å². The van der Waals surface area contributed by atoms with Crippen LogP contribution in [-0.2, 0) is 6.54 Å². The van der Waals surface area contributed by atoms with Gasteiger partial charge in [-0.15, -0.1) is 0 Å². The van der Waals surface area contributed by atoms with Crippen LogP contribution in [0.3, 0.4) is 0 Å². The first-order valence-electron chi connectivity index (χ1n) is 9.00. The first kappa shape index (κ1) is 17.8. The molecule has 0 unspecified atom stereocenters. The lowest BCUT2D eigenvalue weighted by atomic mass is 9.99. The molecule has 3 aromatic heterocycles. The zero-order valence-electron chi connectivity index (χ0n) is 15.9. The maximum Gasteiger partial charge on any atom is 0.252 e. The fourth-order valence-electron chi connectivity index (χ4n) is 3.14. The molecule has 2 N–H and O–H groups in total. The van der Waals surface area contributed by atoms with Crippen molar-refractivity contribution in [2.75, 3.05) is 0 Å². The molecule has 4 aromatic rings. The number of H-pyrrole nitrogens is 1. The number of hydrogen-bond donors (Lipinski definition) is 2. The number of aryl methyl sites for hydroxylation is 2. The Labute approximate surface area is 162 Å². The average Bonchev–Trinajstić information content (AvgIpc) is 3.17. The molecular formula is C21H20N6O. The van der Waals surface area contributed by atoms with E-state index in [2.05, 4.69) is 30.5 Å². The number of pyridine rings is 2. The molecule has 0 fully saturated rings. The Morgan fingerprint density at radius 1 is 1.07 bits per heavy atom. The fourth-order valence-corrected chi connectivity index (χ4v) is 3.14. The van der Waals surface area contributed by atoms with Crippen LogP contribution in [0.25, 0.3) is 22.3 Å². The maximum absolute atomic E-state index is 13.0. The molecule has 0 saturated carbocycles. The lowest BCUT2D eigenvalue weighted by Crippen LogP contribution is -2.25. The second-order valence-electron chi connectivity index (χ2n) is 6.74. The van der Waals surface area contributed by atoms with Gasteiger partial charge in [-0.3, -0.25) is 19.9 Å². The number of hydrogen-bond acceptors (Lipinski definition) is 5. The van der Waals surface area contributed by atoms with Crippen molar-refractivity contribution in [3.05, 3.63) is 70.9 Å². The topological polar surface area (TPSA) is 96.5 Å². The molecule has 0 atom stereocenters. The summed E-state index contributed by atoms with van der Waals surface area (Å²) in [5, 5.41) is 10.9. The molecule has 0 aliphatic rings. The van der Waals surface area contributed by atoms with Gasteiger partial charge < -0.3 is 5.32 Å². The summed E-state index contributed by atoms with van der Waals surface area (Å²) in [6, 6.07) is 9.62. The van der Waals surface area contributed by atoms with Crippen LogP contribution in [-0.4, -0.2) is 31.1 Å². The van der Waals surface area contributed by atoms with Crippen LogP contribution in [0.4, 0.5) is 0 Å². The number of fused-ring (bicyclic) bond motifs is 1. The minimum atomic E-state index is -0.152. The molecule has 7 heteroatoms. The molecule has 1 aromatic carbocycles. The largest absolute Gasteiger partial charge is 0.345 e. The molecule has 3 heterocycles. The van der Waals surface area contributed by atoms with Gasteiger partial charge in [0, 0.05) is 29.0 Å². The minimum Gasteiger partial charge on any atom is -0.345 e. The molecular weight excluding hydrogens is 352 g/mol. The number of amides is 1. The molecule has 0 aliphatic heterocycles. The second kappa shape index (κ2) is 7.19. The van der Waals surface area contributed by atoms with E-state index < -0.39 is 0 Å². The number of nitrogens with one attached hydrogen (secondary N) is 2. The smallest absolute Gasteiger partial charge is 0.252 e. The first-order valence-corrected chi connectivity index (χ1v) is 9.00. The van der Waals surface area contributed by atoms with Crippen molar-refractivity contribution < 1.29 is 4.79 Å². The van der Waals surface area contributed by atoms with Crippen molar-refractivity contribution in [3.8, 4) is 11.4 Å². The lowest BCUT2D eigenvalue weighted by molar-refractivity contribution is 0.0951. The van der Waals surface area contributed by atoms with Crippen molar-refractivity contribution in [3.63, 3.8) is 0 Å². The molecule has 140 valence electrons. The Balaban J connectivity index is 1.59. The van der Waals surface area contributed by atoms with Gasteiger partial charge in [-0.2, -0.15) is 5.10 Å². The van der Waals surface area contributed by atoms with E-state index in [4.69, 9.17) is 0 Å². The first-order chi connectivity index (χ1) is 13.5. The molecule has 0 saturated heterocycles. The highest BCUT2D eigenvalue weighted by Crippen LogP contribution is 2.24. The molecule has 0 bridgehead atoms. The molecule has 0 aliphatic carbocycles. The summed E-state index contributed by atoms with van der Waals surface area (Å²) >= 11 is 0. The highest BCUT2D eigenvalue weighted by molar-refractivity contribution is 6.07. The minimum absolute atomic E-state index is 0.152. The van der Waals surface area contributed by atoms with Gasteiger partial charge >= 0.3 is 0 Å². The summed E-state index contributed by atoms with van der Waals surface area (Å²) in [5.74, 6) is 1.01. The number of aromatic amines is 1. The quantitative estimate of drug-likeness (QED) is 0.573. The molecule has 0 spiro atoms. The molecule has 28 heavy (non-hydrogen) atoms. The normalized spacial score (nSPS) is 11.0. The van der Waals surface area contributed by atoms with Crippen molar-refractivity contribution in [1.29, 1.82) is 0 Å². The van der Waals surface area contributed by atoms with E-state index in [9.17, 15) is 4.79 Å². The Morgan fingerprint density at radius 2 is 1.86 bits per heavy atom. The standard InChI is InChI=1S/C21H20N6O/c1-12-4-5-17-16(10-12)19(13(2)14(3)24-17)21(28)23-11-18-25-20(27-26-18)15-6-8-22-9-7-15/h4-10H,11H2,1-3H3,(H,23,28)(H,25,26,27). The predicted octanol–water partition coefficient (Wildman–Crippen LogP) is 3.27. The van der Waals surface area contributed by atoms with E-state index in [0.29, 0.717) is 17.2 Å². The monoisotopic (exact) mass is 372 g/mol. The van der Waals surface area contributed by atoms with Crippen LogP contribution < -0.4 is 5.32 Å². The number of benzene rings is 1. The predicted molar refractivity (Wildman–Crippen MR) is 107 cm³/mol. The van der Waals surface area contributed by atoms with Crippen molar-refractivity contribution in [2.45, 2.75) is 27.3 Å². The molecule has 7 nitrogen and oxygen atoms in total. The third-order valence-electron chi connectivity index (χ3n) is 4.74. The summed E-state index contributed by atoms with van der Waals surface area (Å²) in [4.78, 5) is 26.0. The van der Waals surface area contributed by atoms with E-state index in [-0.39, 0.29) is 12.5 Å². The van der Waals surface area contributed by atoms with Gasteiger partial charge in [0.2, 0.25) is 0 Å². The molecule has 4 rings (SSSR count). The van der Waals surface area contributed by atoms with Crippen molar-refractivity contribution in [2.24, 2.45) is 0 Å². The highest BCUT2D eigenvalue weighted by atomic mass is 16.1. The van der Waals surface area contributed by atoms with Crippen LogP contribution in [0.2, 0.25) is 0 Å². The third kappa shape index (κ3) is 3.34. The number of nitrogens with zero attached hydrogens (tertiary/aromatic N) is 4. The van der Waals surface area contributed by atoms with Crippen LogP contribution in [0.5, 0.6) is 0 Å². The van der Waals surface area contributed by atoms with Gasteiger partial charge in [-0.25, -0.2) is 4.98 Å². The molecule has 1 amide bonds. The van der Waals surface area contributed by atoms with Gasteiger partial charge in [0.1, 0.15) is 5.82 Å². The van der Waals surface area contributed by atoms with Crippen LogP contribution in [0, 0.1) is 20.8 Å². The lowest BCUT2D eigenvalue weighted by Gasteiger charge is -2.13. The van der Waals surface area contributed by atoms with Gasteiger partial charge in [0.15, 0.2) is 5.82 Å². The number of rotatable bonds is 4. The van der Waals surface area contributed by atoms with E-state index >= 15 is 0 Å². The number of carbonyl (C=O) groups excluding carboxylic acids is 1. The average molecular weight is 372 g/mol. The zero-order chi connectivity index (χ0) is 19.7. The highest BCUT2D eigenvalue weighted by Gasteiger charge is 2.17. The van der Waals surface area contributed by atoms with Gasteiger partial charge in [-0.05, 0) is 50.6 Å². The Kier molecular flexibility index (Phi) is 4.57. The van der Waals surface area contributed by atoms with Gasteiger partial charge in [0.25, 0.3) is 5.91 Å². The zero-order valence-corrected chi connectivity index (χ0v) is 15.9. The van der Waals surface area contributed by atoms with Gasteiger partial charge in [-0.1, -0.05) is 11.6 Å². The maximum atomic E-state index is 13.0. The van der Waals surface area contributed by atoms with Crippen LogP contribution >= 0.6 is 0 Å². The summed E-state index contributed by atoms with van der Waals surface area (Å²) in [7, 11) is 0. The SMILES string of the molecule is Cc1ccc2nc(C)c(C)c(C(=O)NCc3nc(-c4ccncc4)n[nH]3)c2c1. The van der Waals surface area contributed by atoms with Gasteiger partial charge in [0.05, 0.1) is 17.6 Å². The van der Waals surface area contributed by atoms with Crippen LogP contribution in [0.1, 0.15) is 33.0 Å². The second-order valence-corrected chi connectivity index (χ2v) is 6.74. The summed E-state index contributed by atoms with van der Waals surface area (Å²) < 4.78 is 0. The number of carbonyl (C=O) groups is 1. The Morgan fingerprint density at radius 3 is 2.64 bits per heavy atom. The summed E-state index contributed by atoms with van der Waals surface area (Å²) in [6.07, 6.45) is 3.38. The fraction of sp³-hybridized carbons (Fsp3) is 0.190. The summed E-state index contributed by atoms with van der Waals surface area (Å²) in [6.45, 7) is 6.11. The van der Waals surface area contributed by atoms with Crippen LogP contribution in [0.15, 0.2) is 42.7 Å². The van der Waals surface area contributed by atoms with E-state index in [1.807, 2.05) is 51.1 Å². The van der Waals surface area contributed by atoms with Crippen molar-refractivity contribution >= 4 is 16.8 Å². The molecule has 0 radical (unpaired) electrons. The Bertz CT molecular complexity index is 1170. The third-order valence-corrected chi connectivity index (χ3v) is 4.74. The van der Waals surface area contributed by atoms with Crippen molar-refractivity contribution in [1.82, 2.24) is 30.5 Å². The number of aromatic nitrogens is 5. The summed E-state index contributed by atoms with van der Waals surface area (Å²) in [5.41, 5.74) is 5.15. The Hall–Kier alpha value is -3.61. The van der Waals surface area contributed by atoms with E-state index in [1.54, 1.807) is 12.4 Å².